The highest BCUT2D eigenvalue weighted by Crippen LogP contribution is 2.26. The van der Waals surface area contributed by atoms with Crippen molar-refractivity contribution in [2.45, 2.75) is 37.8 Å². The van der Waals surface area contributed by atoms with Crippen molar-refractivity contribution in [2.24, 2.45) is 0 Å². The van der Waals surface area contributed by atoms with Gasteiger partial charge in [-0.05, 0) is 55.3 Å². The summed E-state index contributed by atoms with van der Waals surface area (Å²) in [6.07, 6.45) is 0.376. The highest BCUT2D eigenvalue weighted by Gasteiger charge is 2.33. The lowest BCUT2D eigenvalue weighted by molar-refractivity contribution is -0.140. The van der Waals surface area contributed by atoms with Gasteiger partial charge in [-0.1, -0.05) is 55.5 Å². The van der Waals surface area contributed by atoms with Gasteiger partial charge in [0.1, 0.15) is 18.3 Å². The molecular weight excluding hydrogens is 490 g/mol. The smallest absolute Gasteiger partial charge is 0.264 e. The molecule has 0 aliphatic carbocycles. The van der Waals surface area contributed by atoms with Crippen LogP contribution in [0.2, 0.25) is 0 Å². The van der Waals surface area contributed by atoms with E-state index >= 15 is 0 Å². The zero-order chi connectivity index (χ0) is 26.8. The van der Waals surface area contributed by atoms with Crippen LogP contribution < -0.4 is 14.4 Å². The molecule has 0 spiro atoms. The van der Waals surface area contributed by atoms with E-state index in [1.165, 1.54) is 24.1 Å². The van der Waals surface area contributed by atoms with E-state index < -0.39 is 28.5 Å². The van der Waals surface area contributed by atoms with Gasteiger partial charge in [0.15, 0.2) is 0 Å². The lowest BCUT2D eigenvalue weighted by Crippen LogP contribution is -2.52. The summed E-state index contributed by atoms with van der Waals surface area (Å²) in [7, 11) is -2.62. The van der Waals surface area contributed by atoms with Crippen molar-refractivity contribution in [3.63, 3.8) is 0 Å². The molecule has 0 aromatic heterocycles. The lowest BCUT2D eigenvalue weighted by Gasteiger charge is -2.33. The molecule has 0 fully saturated rings. The molecule has 3 aromatic carbocycles. The van der Waals surface area contributed by atoms with E-state index in [-0.39, 0.29) is 17.3 Å². The van der Waals surface area contributed by atoms with E-state index in [4.69, 9.17) is 4.74 Å². The summed E-state index contributed by atoms with van der Waals surface area (Å²) in [5.74, 6) is -0.246. The number of sulfonamides is 1. The first-order valence-electron chi connectivity index (χ1n) is 12.1. The van der Waals surface area contributed by atoms with Crippen molar-refractivity contribution in [3.8, 4) is 5.75 Å². The van der Waals surface area contributed by atoms with Crippen LogP contribution in [0.3, 0.4) is 0 Å². The van der Waals surface area contributed by atoms with Crippen LogP contribution in [0, 0.1) is 0 Å². The summed E-state index contributed by atoms with van der Waals surface area (Å²) >= 11 is 0. The Morgan fingerprint density at radius 2 is 1.49 bits per heavy atom. The van der Waals surface area contributed by atoms with Gasteiger partial charge in [-0.25, -0.2) is 8.42 Å². The average molecular weight is 524 g/mol. The fourth-order valence-corrected chi connectivity index (χ4v) is 5.40. The van der Waals surface area contributed by atoms with Crippen LogP contribution in [0.4, 0.5) is 5.69 Å². The first kappa shape index (κ1) is 27.7. The van der Waals surface area contributed by atoms with E-state index in [1.807, 2.05) is 44.2 Å². The van der Waals surface area contributed by atoms with Crippen molar-refractivity contribution >= 4 is 27.5 Å². The van der Waals surface area contributed by atoms with E-state index in [1.54, 1.807) is 42.5 Å². The van der Waals surface area contributed by atoms with Gasteiger partial charge in [0.2, 0.25) is 11.8 Å². The monoisotopic (exact) mass is 523 g/mol. The van der Waals surface area contributed by atoms with Crippen molar-refractivity contribution in [3.05, 3.63) is 90.5 Å². The molecule has 3 rings (SSSR count). The van der Waals surface area contributed by atoms with Crippen LogP contribution >= 0.6 is 0 Å². The van der Waals surface area contributed by atoms with Crippen LogP contribution in [-0.2, 0) is 26.2 Å². The molecule has 1 atom stereocenters. The number of rotatable bonds is 12. The number of amides is 2. The highest BCUT2D eigenvalue weighted by atomic mass is 32.2. The Bertz CT molecular complexity index is 1270. The second-order valence-corrected chi connectivity index (χ2v) is 10.2. The number of nitrogens with one attached hydrogen (secondary N) is 1. The van der Waals surface area contributed by atoms with Crippen molar-refractivity contribution in [1.29, 1.82) is 0 Å². The molecule has 0 bridgehead atoms. The number of carbonyl (C=O) groups is 2. The molecule has 0 radical (unpaired) electrons. The Hall–Kier alpha value is -3.85. The van der Waals surface area contributed by atoms with Crippen molar-refractivity contribution in [1.82, 2.24) is 10.2 Å². The number of benzene rings is 3. The highest BCUT2D eigenvalue weighted by molar-refractivity contribution is 7.92. The lowest BCUT2D eigenvalue weighted by atomic mass is 10.1. The molecule has 1 N–H and O–H groups in total. The second kappa shape index (κ2) is 12.9. The van der Waals surface area contributed by atoms with Gasteiger partial charge < -0.3 is 15.0 Å². The Kier molecular flexibility index (Phi) is 9.68. The molecule has 0 saturated carbocycles. The van der Waals surface area contributed by atoms with Gasteiger partial charge in [-0.2, -0.15) is 0 Å². The molecule has 8 nitrogen and oxygen atoms in total. The quantitative estimate of drug-likeness (QED) is 0.389. The summed E-state index contributed by atoms with van der Waals surface area (Å²) in [4.78, 5) is 28.2. The number of ether oxygens (including phenoxy) is 1. The molecule has 2 amide bonds. The maximum absolute atomic E-state index is 13.8. The Balaban J connectivity index is 2.02. The number of likely N-dealkylation sites (N-methyl/N-ethyl adjacent to an activating group) is 1. The van der Waals surface area contributed by atoms with Gasteiger partial charge in [0, 0.05) is 13.1 Å². The van der Waals surface area contributed by atoms with Crippen molar-refractivity contribution in [2.75, 3.05) is 24.5 Å². The SMILES string of the molecule is CCNC(=O)[C@@H](CC)N(Cc1ccccc1)C(=O)CN(c1ccccc1)S(=O)(=O)c1ccc(OC)cc1. The number of para-hydroxylation sites is 1. The fourth-order valence-electron chi connectivity index (χ4n) is 3.99. The van der Waals surface area contributed by atoms with Gasteiger partial charge in [0.25, 0.3) is 10.0 Å². The standard InChI is InChI=1S/C28H33N3O5S/c1-4-26(28(33)29-5-2)30(20-22-12-8-6-9-13-22)27(32)21-31(23-14-10-7-11-15-23)37(34,35)25-18-16-24(36-3)17-19-25/h6-19,26H,4-5,20-21H2,1-3H3,(H,29,33)/t26-/m1/s1. The summed E-state index contributed by atoms with van der Waals surface area (Å²) < 4.78 is 33.8. The summed E-state index contributed by atoms with van der Waals surface area (Å²) in [6, 6.07) is 23.0. The minimum atomic E-state index is -4.11. The Morgan fingerprint density at radius 1 is 0.892 bits per heavy atom. The van der Waals surface area contributed by atoms with Crippen LogP contribution in [-0.4, -0.2) is 51.4 Å². The maximum Gasteiger partial charge on any atom is 0.264 e. The third-order valence-electron chi connectivity index (χ3n) is 5.90. The summed E-state index contributed by atoms with van der Waals surface area (Å²) in [5, 5.41) is 2.79. The van der Waals surface area contributed by atoms with Gasteiger partial charge >= 0.3 is 0 Å². The molecular formula is C28H33N3O5S. The van der Waals surface area contributed by atoms with E-state index in [0.29, 0.717) is 24.4 Å². The fraction of sp³-hybridized carbons (Fsp3) is 0.286. The predicted octanol–water partition coefficient (Wildman–Crippen LogP) is 3.83. The molecule has 196 valence electrons. The predicted molar refractivity (Wildman–Crippen MR) is 144 cm³/mol. The molecule has 0 aliphatic rings. The van der Waals surface area contributed by atoms with Crippen LogP contribution in [0.15, 0.2) is 89.8 Å². The average Bonchev–Trinajstić information content (AvgIpc) is 2.92. The zero-order valence-electron chi connectivity index (χ0n) is 21.3. The minimum absolute atomic E-state index is 0.0235. The normalized spacial score (nSPS) is 11.9. The topological polar surface area (TPSA) is 96.0 Å². The van der Waals surface area contributed by atoms with E-state index in [2.05, 4.69) is 5.32 Å². The molecule has 9 heteroatoms. The molecule has 0 saturated heterocycles. The van der Waals surface area contributed by atoms with Gasteiger partial charge in [-0.3, -0.25) is 13.9 Å². The molecule has 0 unspecified atom stereocenters. The van der Waals surface area contributed by atoms with Crippen LogP contribution in [0.25, 0.3) is 0 Å². The van der Waals surface area contributed by atoms with Crippen LogP contribution in [0.5, 0.6) is 5.75 Å². The van der Waals surface area contributed by atoms with Crippen LogP contribution in [0.1, 0.15) is 25.8 Å². The number of hydrogen-bond acceptors (Lipinski definition) is 5. The molecule has 0 aliphatic heterocycles. The van der Waals surface area contributed by atoms with Crippen molar-refractivity contribution < 1.29 is 22.7 Å². The van der Waals surface area contributed by atoms with Gasteiger partial charge in [0.05, 0.1) is 17.7 Å². The number of carbonyl (C=O) groups excluding carboxylic acids is 2. The summed E-state index contributed by atoms with van der Waals surface area (Å²) in [6.45, 7) is 3.76. The first-order valence-corrected chi connectivity index (χ1v) is 13.6. The maximum atomic E-state index is 13.8. The Labute approximate surface area is 218 Å². The first-order chi connectivity index (χ1) is 17.8. The molecule has 3 aromatic rings. The minimum Gasteiger partial charge on any atom is -0.497 e. The Morgan fingerprint density at radius 3 is 2.03 bits per heavy atom. The molecule has 37 heavy (non-hydrogen) atoms. The second-order valence-electron chi connectivity index (χ2n) is 8.35. The number of nitrogens with zero attached hydrogens (tertiary/aromatic N) is 2. The number of anilines is 1. The number of methoxy groups -OCH3 is 1. The summed E-state index contributed by atoms with van der Waals surface area (Å²) in [5.41, 5.74) is 1.18. The molecule has 0 heterocycles. The zero-order valence-corrected chi connectivity index (χ0v) is 22.1. The largest absolute Gasteiger partial charge is 0.497 e. The van der Waals surface area contributed by atoms with Gasteiger partial charge in [-0.15, -0.1) is 0 Å². The van der Waals surface area contributed by atoms with E-state index in [9.17, 15) is 18.0 Å². The third kappa shape index (κ3) is 6.89. The number of hydrogen-bond donors (Lipinski definition) is 1. The van der Waals surface area contributed by atoms with E-state index in [0.717, 1.165) is 9.87 Å². The third-order valence-corrected chi connectivity index (χ3v) is 7.69.